The van der Waals surface area contributed by atoms with E-state index in [1.807, 2.05) is 19.1 Å². The van der Waals surface area contributed by atoms with Gasteiger partial charge in [0, 0.05) is 28.6 Å². The Labute approximate surface area is 184 Å². The van der Waals surface area contributed by atoms with E-state index < -0.39 is 0 Å². The molecule has 0 aliphatic heterocycles. The van der Waals surface area contributed by atoms with E-state index in [0.29, 0.717) is 33.6 Å². The number of halogens is 2. The van der Waals surface area contributed by atoms with Crippen LogP contribution in [-0.2, 0) is 16.0 Å². The average molecular weight is 449 g/mol. The predicted molar refractivity (Wildman–Crippen MR) is 118 cm³/mol. The quantitative estimate of drug-likeness (QED) is 0.515. The molecule has 1 N–H and O–H groups in total. The minimum absolute atomic E-state index is 0.0742. The number of ether oxygens (including phenoxy) is 1. The number of methoxy groups -OCH3 is 1. The van der Waals surface area contributed by atoms with E-state index in [-0.39, 0.29) is 24.8 Å². The first-order valence-corrected chi connectivity index (χ1v) is 10.2. The molecular formula is C22H22Cl2N2O4. The van der Waals surface area contributed by atoms with E-state index in [4.69, 9.17) is 32.4 Å². The number of hydrogen-bond acceptors (Lipinski definition) is 4. The van der Waals surface area contributed by atoms with Crippen LogP contribution < -0.4 is 10.1 Å². The van der Waals surface area contributed by atoms with Crippen LogP contribution in [0.2, 0.25) is 10.0 Å². The zero-order chi connectivity index (χ0) is 21.7. The van der Waals surface area contributed by atoms with Gasteiger partial charge in [-0.1, -0.05) is 30.1 Å². The summed E-state index contributed by atoms with van der Waals surface area (Å²) >= 11 is 12.0. The van der Waals surface area contributed by atoms with Gasteiger partial charge in [-0.25, -0.2) is 0 Å². The van der Waals surface area contributed by atoms with Crippen LogP contribution in [-0.4, -0.2) is 36.9 Å². The summed E-state index contributed by atoms with van der Waals surface area (Å²) < 4.78 is 10.8. The lowest BCUT2D eigenvalue weighted by Gasteiger charge is -2.21. The summed E-state index contributed by atoms with van der Waals surface area (Å²) in [5.41, 5.74) is 1.86. The lowest BCUT2D eigenvalue weighted by molar-refractivity contribution is -0.134. The van der Waals surface area contributed by atoms with Crippen molar-refractivity contribution in [2.24, 2.45) is 0 Å². The summed E-state index contributed by atoms with van der Waals surface area (Å²) in [6.45, 7) is 2.34. The third-order valence-corrected chi connectivity index (χ3v) is 5.14. The number of nitrogens with one attached hydrogen (secondary N) is 1. The lowest BCUT2D eigenvalue weighted by Crippen LogP contribution is -2.39. The van der Waals surface area contributed by atoms with Gasteiger partial charge in [0.25, 0.3) is 0 Å². The van der Waals surface area contributed by atoms with E-state index in [9.17, 15) is 9.59 Å². The zero-order valence-corrected chi connectivity index (χ0v) is 18.2. The van der Waals surface area contributed by atoms with Gasteiger partial charge in [0.1, 0.15) is 11.3 Å². The molecule has 0 aliphatic rings. The fourth-order valence-corrected chi connectivity index (χ4v) is 3.57. The maximum absolute atomic E-state index is 12.9. The standard InChI is InChI=1S/C22H22Cl2N2O4/c1-3-8-26(12-21(27)25-19-7-4-15(23)10-18(19)24)22(28)9-14-13-30-20-11-16(29-2)5-6-17(14)20/h4-7,10-11,13H,3,8-9,12H2,1-2H3,(H,25,27). The number of nitrogens with zero attached hydrogens (tertiary/aromatic N) is 1. The molecule has 3 rings (SSSR count). The zero-order valence-electron chi connectivity index (χ0n) is 16.7. The molecule has 2 amide bonds. The van der Waals surface area contributed by atoms with Crippen molar-refractivity contribution in [1.82, 2.24) is 4.90 Å². The van der Waals surface area contributed by atoms with Crippen molar-refractivity contribution in [3.63, 3.8) is 0 Å². The number of furan rings is 1. The second-order valence-electron chi connectivity index (χ2n) is 6.79. The van der Waals surface area contributed by atoms with Gasteiger partial charge in [-0.15, -0.1) is 0 Å². The highest BCUT2D eigenvalue weighted by molar-refractivity contribution is 6.36. The number of amides is 2. The monoisotopic (exact) mass is 448 g/mol. The summed E-state index contributed by atoms with van der Waals surface area (Å²) in [5, 5.41) is 4.39. The first kappa shape index (κ1) is 22.0. The molecule has 6 nitrogen and oxygen atoms in total. The van der Waals surface area contributed by atoms with Crippen LogP contribution in [0.15, 0.2) is 47.1 Å². The van der Waals surface area contributed by atoms with Crippen molar-refractivity contribution < 1.29 is 18.7 Å². The largest absolute Gasteiger partial charge is 0.497 e. The molecule has 1 aromatic heterocycles. The van der Waals surface area contributed by atoms with Gasteiger partial charge in [0.15, 0.2) is 0 Å². The molecule has 0 saturated carbocycles. The molecule has 30 heavy (non-hydrogen) atoms. The van der Waals surface area contributed by atoms with E-state index in [2.05, 4.69) is 5.32 Å². The lowest BCUT2D eigenvalue weighted by atomic mass is 10.1. The van der Waals surface area contributed by atoms with Gasteiger partial charge in [0.2, 0.25) is 11.8 Å². The molecule has 8 heteroatoms. The molecule has 0 atom stereocenters. The van der Waals surface area contributed by atoms with Crippen LogP contribution in [0.1, 0.15) is 18.9 Å². The summed E-state index contributed by atoms with van der Waals surface area (Å²) in [6.07, 6.45) is 2.43. The molecule has 0 unspecified atom stereocenters. The van der Waals surface area contributed by atoms with Crippen molar-refractivity contribution in [3.8, 4) is 5.75 Å². The smallest absolute Gasteiger partial charge is 0.244 e. The van der Waals surface area contributed by atoms with Crippen molar-refractivity contribution in [1.29, 1.82) is 0 Å². The Morgan fingerprint density at radius 3 is 2.67 bits per heavy atom. The van der Waals surface area contributed by atoms with Gasteiger partial charge in [-0.2, -0.15) is 0 Å². The maximum atomic E-state index is 12.9. The third-order valence-electron chi connectivity index (χ3n) is 4.59. The Kier molecular flexibility index (Phi) is 7.24. The number of hydrogen-bond donors (Lipinski definition) is 1. The van der Waals surface area contributed by atoms with Crippen molar-refractivity contribution in [2.75, 3.05) is 25.5 Å². The van der Waals surface area contributed by atoms with Crippen LogP contribution in [0, 0.1) is 0 Å². The number of carbonyl (C=O) groups is 2. The Hall–Kier alpha value is -2.70. The van der Waals surface area contributed by atoms with Crippen LogP contribution in [0.4, 0.5) is 5.69 Å². The van der Waals surface area contributed by atoms with E-state index >= 15 is 0 Å². The molecule has 2 aromatic carbocycles. The van der Waals surface area contributed by atoms with Crippen LogP contribution in [0.5, 0.6) is 5.75 Å². The van der Waals surface area contributed by atoms with Gasteiger partial charge in [0.05, 0.1) is 37.0 Å². The molecule has 0 aliphatic carbocycles. The van der Waals surface area contributed by atoms with Gasteiger partial charge < -0.3 is 19.4 Å². The summed E-state index contributed by atoms with van der Waals surface area (Å²) in [6, 6.07) is 10.3. The third kappa shape index (κ3) is 5.26. The van der Waals surface area contributed by atoms with Gasteiger partial charge >= 0.3 is 0 Å². The van der Waals surface area contributed by atoms with Crippen molar-refractivity contribution >= 4 is 51.7 Å². The topological polar surface area (TPSA) is 71.8 Å². The maximum Gasteiger partial charge on any atom is 0.244 e. The molecule has 0 fully saturated rings. The number of carbonyl (C=O) groups excluding carboxylic acids is 2. The molecule has 0 spiro atoms. The number of anilines is 1. The summed E-state index contributed by atoms with van der Waals surface area (Å²) in [5.74, 6) is 0.190. The minimum Gasteiger partial charge on any atom is -0.497 e. The first-order valence-electron chi connectivity index (χ1n) is 9.48. The van der Waals surface area contributed by atoms with E-state index in [1.54, 1.807) is 37.6 Å². The molecule has 0 radical (unpaired) electrons. The fourth-order valence-electron chi connectivity index (χ4n) is 3.12. The Morgan fingerprint density at radius 2 is 1.97 bits per heavy atom. The summed E-state index contributed by atoms with van der Waals surface area (Å²) in [4.78, 5) is 26.9. The number of benzene rings is 2. The SMILES string of the molecule is CCCN(CC(=O)Nc1ccc(Cl)cc1Cl)C(=O)Cc1coc2cc(OC)ccc12. The highest BCUT2D eigenvalue weighted by Crippen LogP contribution is 2.27. The number of fused-ring (bicyclic) bond motifs is 1. The second kappa shape index (κ2) is 9.87. The van der Waals surface area contributed by atoms with Crippen LogP contribution in [0.3, 0.4) is 0 Å². The second-order valence-corrected chi connectivity index (χ2v) is 7.63. The Morgan fingerprint density at radius 1 is 1.17 bits per heavy atom. The average Bonchev–Trinajstić information content (AvgIpc) is 3.11. The molecular weight excluding hydrogens is 427 g/mol. The molecule has 158 valence electrons. The molecule has 0 bridgehead atoms. The Balaban J connectivity index is 1.69. The molecule has 0 saturated heterocycles. The first-order chi connectivity index (χ1) is 14.4. The van der Waals surface area contributed by atoms with Crippen molar-refractivity contribution in [2.45, 2.75) is 19.8 Å². The highest BCUT2D eigenvalue weighted by atomic mass is 35.5. The fraction of sp³-hybridized carbons (Fsp3) is 0.273. The normalized spacial score (nSPS) is 10.8. The Bertz CT molecular complexity index is 1060. The van der Waals surface area contributed by atoms with Crippen LogP contribution in [0.25, 0.3) is 11.0 Å². The van der Waals surface area contributed by atoms with Crippen LogP contribution >= 0.6 is 23.2 Å². The molecule has 3 aromatic rings. The molecule has 1 heterocycles. The predicted octanol–water partition coefficient (Wildman–Crippen LogP) is 5.17. The van der Waals surface area contributed by atoms with E-state index in [0.717, 1.165) is 17.4 Å². The highest BCUT2D eigenvalue weighted by Gasteiger charge is 2.19. The minimum atomic E-state index is -0.331. The van der Waals surface area contributed by atoms with Gasteiger partial charge in [-0.3, -0.25) is 9.59 Å². The summed E-state index contributed by atoms with van der Waals surface area (Å²) in [7, 11) is 1.58. The van der Waals surface area contributed by atoms with E-state index in [1.165, 1.54) is 4.90 Å². The van der Waals surface area contributed by atoms with Gasteiger partial charge in [-0.05, 0) is 36.8 Å². The van der Waals surface area contributed by atoms with Crippen molar-refractivity contribution in [3.05, 3.63) is 58.3 Å². The number of rotatable bonds is 8.